The lowest BCUT2D eigenvalue weighted by Crippen LogP contribution is -1.99. The van der Waals surface area contributed by atoms with Crippen LogP contribution >= 0.6 is 11.8 Å². The van der Waals surface area contributed by atoms with E-state index in [2.05, 4.69) is 4.98 Å². The molecule has 0 saturated carbocycles. The fourth-order valence-electron chi connectivity index (χ4n) is 1.47. The van der Waals surface area contributed by atoms with E-state index >= 15 is 0 Å². The van der Waals surface area contributed by atoms with Crippen molar-refractivity contribution in [2.75, 3.05) is 7.11 Å². The third-order valence-corrected chi connectivity index (χ3v) is 3.53. The van der Waals surface area contributed by atoms with Gasteiger partial charge in [0.25, 0.3) is 5.22 Å². The molecule has 1 aromatic heterocycles. The maximum atomic E-state index is 11.2. The van der Waals surface area contributed by atoms with Crippen LogP contribution in [0.5, 0.6) is 5.75 Å². The van der Waals surface area contributed by atoms with Crippen molar-refractivity contribution >= 4 is 17.7 Å². The van der Waals surface area contributed by atoms with Crippen molar-refractivity contribution in [3.8, 4) is 5.75 Å². The van der Waals surface area contributed by atoms with Gasteiger partial charge in [-0.2, -0.15) is 0 Å². The van der Waals surface area contributed by atoms with Gasteiger partial charge in [0.1, 0.15) is 11.5 Å². The molecule has 0 atom stereocenters. The van der Waals surface area contributed by atoms with Crippen LogP contribution in [0.15, 0.2) is 32.7 Å². The molecule has 5 nitrogen and oxygen atoms in total. The Morgan fingerprint density at radius 3 is 2.68 bits per heavy atom. The number of aromatic nitrogens is 1. The second-order valence-electron chi connectivity index (χ2n) is 3.89. The van der Waals surface area contributed by atoms with Crippen LogP contribution in [0.25, 0.3) is 0 Å². The molecule has 6 heteroatoms. The molecule has 2 aromatic rings. The fraction of sp³-hybridized carbons (Fsp3) is 0.231. The number of aryl methyl sites for hydroxylation is 2. The van der Waals surface area contributed by atoms with E-state index in [1.54, 1.807) is 12.1 Å². The van der Waals surface area contributed by atoms with E-state index < -0.39 is 5.97 Å². The first-order valence-electron chi connectivity index (χ1n) is 5.54. The number of rotatable bonds is 4. The molecule has 19 heavy (non-hydrogen) atoms. The molecule has 0 fully saturated rings. The van der Waals surface area contributed by atoms with Crippen LogP contribution in [0.1, 0.15) is 21.8 Å². The number of aromatic carboxylic acids is 1. The van der Waals surface area contributed by atoms with Crippen molar-refractivity contribution in [1.29, 1.82) is 0 Å². The van der Waals surface area contributed by atoms with Gasteiger partial charge in [-0.25, -0.2) is 9.78 Å². The molecule has 0 unspecified atom stereocenters. The number of carboxylic acids is 1. The summed E-state index contributed by atoms with van der Waals surface area (Å²) in [5, 5.41) is 9.58. The lowest BCUT2D eigenvalue weighted by molar-refractivity contribution is 0.0693. The Bertz CT molecular complexity index is 602. The van der Waals surface area contributed by atoms with Gasteiger partial charge >= 0.3 is 5.97 Å². The number of oxazole rings is 1. The normalized spacial score (nSPS) is 10.5. The van der Waals surface area contributed by atoms with Gasteiger partial charge in [-0.05, 0) is 43.8 Å². The van der Waals surface area contributed by atoms with Gasteiger partial charge in [-0.3, -0.25) is 0 Å². The predicted octanol–water partition coefficient (Wildman–Crippen LogP) is 3.15. The van der Waals surface area contributed by atoms with Crippen molar-refractivity contribution in [2.45, 2.75) is 24.0 Å². The van der Waals surface area contributed by atoms with Crippen LogP contribution in [-0.2, 0) is 0 Å². The average Bonchev–Trinajstić information content (AvgIpc) is 2.67. The first-order chi connectivity index (χ1) is 9.01. The Labute approximate surface area is 114 Å². The molecule has 1 heterocycles. The second kappa shape index (κ2) is 5.36. The number of nitrogens with zero attached hydrogens (tertiary/aromatic N) is 1. The highest BCUT2D eigenvalue weighted by Crippen LogP contribution is 2.33. The van der Waals surface area contributed by atoms with E-state index in [9.17, 15) is 4.79 Å². The van der Waals surface area contributed by atoms with E-state index in [-0.39, 0.29) is 5.56 Å². The number of methoxy groups -OCH3 is 1. The number of hydrogen-bond donors (Lipinski definition) is 1. The molecular formula is C13H13NO4S. The average molecular weight is 279 g/mol. The summed E-state index contributed by atoms with van der Waals surface area (Å²) in [6.45, 7) is 3.66. The molecule has 1 aromatic carbocycles. The van der Waals surface area contributed by atoms with Gasteiger partial charge in [-0.15, -0.1) is 0 Å². The number of carbonyl (C=O) groups is 1. The van der Waals surface area contributed by atoms with E-state index in [4.69, 9.17) is 14.3 Å². The van der Waals surface area contributed by atoms with E-state index in [0.29, 0.717) is 15.9 Å². The Kier molecular flexibility index (Phi) is 3.80. The van der Waals surface area contributed by atoms with Crippen molar-refractivity contribution < 1.29 is 19.1 Å². The molecule has 1 N–H and O–H groups in total. The molecule has 0 bridgehead atoms. The molecule has 0 radical (unpaired) electrons. The van der Waals surface area contributed by atoms with Crippen molar-refractivity contribution in [2.24, 2.45) is 0 Å². The standard InChI is InChI=1S/C13H13NO4S/c1-7-8(2)18-13(14-7)19-11-6-9(17-3)4-5-10(11)12(15)16/h4-6H,1-3H3,(H,15,16). The monoisotopic (exact) mass is 279 g/mol. The number of benzene rings is 1. The quantitative estimate of drug-likeness (QED) is 0.926. The van der Waals surface area contributed by atoms with Crippen LogP contribution in [-0.4, -0.2) is 23.2 Å². The Balaban J connectivity index is 2.39. The molecule has 0 aliphatic heterocycles. The van der Waals surface area contributed by atoms with Gasteiger partial charge in [0.05, 0.1) is 18.4 Å². The summed E-state index contributed by atoms with van der Waals surface area (Å²) in [5.74, 6) is 0.319. The zero-order chi connectivity index (χ0) is 14.0. The van der Waals surface area contributed by atoms with E-state index in [1.807, 2.05) is 13.8 Å². The largest absolute Gasteiger partial charge is 0.497 e. The first-order valence-corrected chi connectivity index (χ1v) is 6.36. The Morgan fingerprint density at radius 1 is 1.42 bits per heavy atom. The van der Waals surface area contributed by atoms with Crippen molar-refractivity contribution in [1.82, 2.24) is 4.98 Å². The minimum atomic E-state index is -0.995. The van der Waals surface area contributed by atoms with Crippen LogP contribution < -0.4 is 4.74 Å². The highest BCUT2D eigenvalue weighted by atomic mass is 32.2. The number of carboxylic acid groups (broad SMARTS) is 1. The van der Waals surface area contributed by atoms with Crippen molar-refractivity contribution in [3.05, 3.63) is 35.2 Å². The molecule has 0 amide bonds. The maximum Gasteiger partial charge on any atom is 0.336 e. The van der Waals surface area contributed by atoms with Gasteiger partial charge in [-0.1, -0.05) is 0 Å². The highest BCUT2D eigenvalue weighted by Gasteiger charge is 2.15. The Hall–Kier alpha value is -1.95. The zero-order valence-corrected chi connectivity index (χ0v) is 11.6. The molecule has 0 saturated heterocycles. The lowest BCUT2D eigenvalue weighted by atomic mass is 10.2. The topological polar surface area (TPSA) is 72.6 Å². The number of hydrogen-bond acceptors (Lipinski definition) is 5. The van der Waals surface area contributed by atoms with Crippen LogP contribution in [0, 0.1) is 13.8 Å². The highest BCUT2D eigenvalue weighted by molar-refractivity contribution is 7.99. The SMILES string of the molecule is COc1ccc(C(=O)O)c(Sc2nc(C)c(C)o2)c1. The molecule has 0 aliphatic carbocycles. The summed E-state index contributed by atoms with van der Waals surface area (Å²) in [5.41, 5.74) is 0.988. The van der Waals surface area contributed by atoms with Gasteiger partial charge in [0, 0.05) is 4.90 Å². The van der Waals surface area contributed by atoms with Gasteiger partial charge in [0.15, 0.2) is 0 Å². The summed E-state index contributed by atoms with van der Waals surface area (Å²) in [6.07, 6.45) is 0. The second-order valence-corrected chi connectivity index (χ2v) is 4.88. The third kappa shape index (κ3) is 2.90. The summed E-state index contributed by atoms with van der Waals surface area (Å²) in [6, 6.07) is 4.77. The molecule has 100 valence electrons. The summed E-state index contributed by atoms with van der Waals surface area (Å²) in [7, 11) is 1.53. The summed E-state index contributed by atoms with van der Waals surface area (Å²) >= 11 is 1.17. The number of ether oxygens (including phenoxy) is 1. The summed E-state index contributed by atoms with van der Waals surface area (Å²) in [4.78, 5) is 15.9. The minimum Gasteiger partial charge on any atom is -0.497 e. The summed E-state index contributed by atoms with van der Waals surface area (Å²) < 4.78 is 10.5. The predicted molar refractivity (Wildman–Crippen MR) is 70.1 cm³/mol. The van der Waals surface area contributed by atoms with E-state index in [0.717, 1.165) is 11.5 Å². The van der Waals surface area contributed by atoms with Crippen molar-refractivity contribution in [3.63, 3.8) is 0 Å². The first kappa shape index (κ1) is 13.5. The molecule has 0 spiro atoms. The smallest absolute Gasteiger partial charge is 0.336 e. The Morgan fingerprint density at radius 2 is 2.16 bits per heavy atom. The van der Waals surface area contributed by atoms with Crippen LogP contribution in [0.4, 0.5) is 0 Å². The molecule has 0 aliphatic rings. The zero-order valence-electron chi connectivity index (χ0n) is 10.8. The lowest BCUT2D eigenvalue weighted by Gasteiger charge is -2.06. The third-order valence-electron chi connectivity index (χ3n) is 2.63. The van der Waals surface area contributed by atoms with E-state index in [1.165, 1.54) is 24.9 Å². The van der Waals surface area contributed by atoms with Crippen LogP contribution in [0.3, 0.4) is 0 Å². The van der Waals surface area contributed by atoms with Gasteiger partial charge in [0.2, 0.25) is 0 Å². The van der Waals surface area contributed by atoms with Gasteiger partial charge < -0.3 is 14.3 Å². The van der Waals surface area contributed by atoms with Crippen LogP contribution in [0.2, 0.25) is 0 Å². The fourth-order valence-corrected chi connectivity index (χ4v) is 2.45. The molecular weight excluding hydrogens is 266 g/mol. The molecule has 2 rings (SSSR count). The maximum absolute atomic E-state index is 11.2. The minimum absolute atomic E-state index is 0.194.